The van der Waals surface area contributed by atoms with Gasteiger partial charge in [-0.1, -0.05) is 11.6 Å². The molecule has 2 N–H and O–H groups in total. The van der Waals surface area contributed by atoms with Crippen LogP contribution >= 0.6 is 11.6 Å². The van der Waals surface area contributed by atoms with E-state index in [1.54, 1.807) is 0 Å². The summed E-state index contributed by atoms with van der Waals surface area (Å²) in [5, 5.41) is 17.7. The molecule has 0 aliphatic carbocycles. The van der Waals surface area contributed by atoms with Crippen LogP contribution in [0.5, 0.6) is 0 Å². The average Bonchev–Trinajstić information content (AvgIpc) is 2.28. The van der Waals surface area contributed by atoms with Gasteiger partial charge in [-0.2, -0.15) is 0 Å². The molecular formula is C11H5ClFNO4. The Hall–Kier alpha value is -2.21. The van der Waals surface area contributed by atoms with Gasteiger partial charge < -0.3 is 10.2 Å². The summed E-state index contributed by atoms with van der Waals surface area (Å²) >= 11 is 5.54. The van der Waals surface area contributed by atoms with E-state index < -0.39 is 29.0 Å². The lowest BCUT2D eigenvalue weighted by Gasteiger charge is -2.05. The molecule has 0 amide bonds. The number of aromatic nitrogens is 1. The van der Waals surface area contributed by atoms with Gasteiger partial charge in [0, 0.05) is 5.39 Å². The van der Waals surface area contributed by atoms with Crippen molar-refractivity contribution < 1.29 is 24.2 Å². The van der Waals surface area contributed by atoms with E-state index in [1.165, 1.54) is 0 Å². The molecule has 1 heterocycles. The summed E-state index contributed by atoms with van der Waals surface area (Å²) in [6.07, 6.45) is 0. The second kappa shape index (κ2) is 4.23. The molecule has 1 aromatic heterocycles. The number of halogens is 2. The molecule has 0 atom stereocenters. The Morgan fingerprint density at radius 2 is 1.83 bits per heavy atom. The van der Waals surface area contributed by atoms with E-state index in [-0.39, 0.29) is 15.9 Å². The highest BCUT2D eigenvalue weighted by Crippen LogP contribution is 2.23. The summed E-state index contributed by atoms with van der Waals surface area (Å²) in [4.78, 5) is 25.5. The lowest BCUT2D eigenvalue weighted by molar-refractivity contribution is 0.0647. The van der Waals surface area contributed by atoms with Crippen LogP contribution in [0.2, 0.25) is 5.02 Å². The minimum atomic E-state index is -1.48. The number of benzene rings is 1. The van der Waals surface area contributed by atoms with Crippen LogP contribution in [-0.4, -0.2) is 27.1 Å². The molecule has 0 radical (unpaired) electrons. The standard InChI is InChI=1S/C11H5ClFNO4/c12-6-3-8-4(2-7(6)13)1-5(10(15)16)9(14-8)11(17)18/h1-3H,(H,15,16)(H,17,18). The van der Waals surface area contributed by atoms with Crippen LogP contribution in [0, 0.1) is 5.82 Å². The molecule has 2 rings (SSSR count). The van der Waals surface area contributed by atoms with Crippen molar-refractivity contribution in [1.29, 1.82) is 0 Å². The van der Waals surface area contributed by atoms with Crippen LogP contribution in [0.15, 0.2) is 18.2 Å². The monoisotopic (exact) mass is 269 g/mol. The third-order valence-corrected chi connectivity index (χ3v) is 2.58. The topological polar surface area (TPSA) is 87.5 Å². The summed E-state index contributed by atoms with van der Waals surface area (Å²) in [5.74, 6) is -3.66. The Bertz CT molecular complexity index is 628. The fraction of sp³-hybridized carbons (Fsp3) is 0. The normalized spacial score (nSPS) is 10.6. The predicted molar refractivity (Wildman–Crippen MR) is 60.6 cm³/mol. The molecule has 0 aliphatic rings. The Labute approximate surface area is 104 Å². The van der Waals surface area contributed by atoms with E-state index in [4.69, 9.17) is 21.8 Å². The van der Waals surface area contributed by atoms with Gasteiger partial charge in [0.1, 0.15) is 5.82 Å². The lowest BCUT2D eigenvalue weighted by Crippen LogP contribution is -2.10. The van der Waals surface area contributed by atoms with Crippen molar-refractivity contribution in [3.63, 3.8) is 0 Å². The van der Waals surface area contributed by atoms with Crippen molar-refractivity contribution in [2.24, 2.45) is 0 Å². The highest BCUT2D eigenvalue weighted by Gasteiger charge is 2.19. The Balaban J connectivity index is 2.84. The third kappa shape index (κ3) is 1.98. The Morgan fingerprint density at radius 3 is 2.39 bits per heavy atom. The first kappa shape index (κ1) is 12.3. The number of nitrogens with zero attached hydrogens (tertiary/aromatic N) is 1. The van der Waals surface area contributed by atoms with Crippen LogP contribution in [0.3, 0.4) is 0 Å². The van der Waals surface area contributed by atoms with Gasteiger partial charge in [0.25, 0.3) is 0 Å². The first-order valence-corrected chi connectivity index (χ1v) is 5.04. The Kier molecular flexibility index (Phi) is 2.88. The number of hydrogen-bond donors (Lipinski definition) is 2. The molecule has 0 saturated heterocycles. The number of carbonyl (C=O) groups is 2. The van der Waals surface area contributed by atoms with Gasteiger partial charge in [-0.15, -0.1) is 0 Å². The summed E-state index contributed by atoms with van der Waals surface area (Å²) in [7, 11) is 0. The van der Waals surface area contributed by atoms with Gasteiger partial charge in [0.2, 0.25) is 0 Å². The summed E-state index contributed by atoms with van der Waals surface area (Å²) < 4.78 is 13.2. The zero-order valence-corrected chi connectivity index (χ0v) is 9.40. The van der Waals surface area contributed by atoms with Gasteiger partial charge >= 0.3 is 11.9 Å². The smallest absolute Gasteiger partial charge is 0.355 e. The molecule has 92 valence electrons. The quantitative estimate of drug-likeness (QED) is 0.874. The van der Waals surface area contributed by atoms with E-state index in [9.17, 15) is 14.0 Å². The first-order chi connectivity index (χ1) is 8.40. The average molecular weight is 270 g/mol. The minimum Gasteiger partial charge on any atom is -0.478 e. The van der Waals surface area contributed by atoms with Crippen molar-refractivity contribution in [3.8, 4) is 0 Å². The molecule has 2 aromatic rings. The molecule has 0 aliphatic heterocycles. The molecule has 0 saturated carbocycles. The molecule has 0 spiro atoms. The van der Waals surface area contributed by atoms with Crippen molar-refractivity contribution in [3.05, 3.63) is 40.3 Å². The molecule has 5 nitrogen and oxygen atoms in total. The van der Waals surface area contributed by atoms with Crippen molar-refractivity contribution in [1.82, 2.24) is 4.98 Å². The number of rotatable bonds is 2. The maximum absolute atomic E-state index is 13.2. The van der Waals surface area contributed by atoms with Gasteiger partial charge in [-0.25, -0.2) is 19.0 Å². The molecule has 0 unspecified atom stereocenters. The predicted octanol–water partition coefficient (Wildman–Crippen LogP) is 2.42. The van der Waals surface area contributed by atoms with Crippen molar-refractivity contribution in [2.45, 2.75) is 0 Å². The maximum Gasteiger partial charge on any atom is 0.355 e. The SMILES string of the molecule is O=C(O)c1cc2cc(F)c(Cl)cc2nc1C(=O)O. The highest BCUT2D eigenvalue weighted by molar-refractivity contribution is 6.31. The molecule has 18 heavy (non-hydrogen) atoms. The van der Waals surface area contributed by atoms with Crippen molar-refractivity contribution in [2.75, 3.05) is 0 Å². The fourth-order valence-corrected chi connectivity index (χ4v) is 1.65. The van der Waals surface area contributed by atoms with Gasteiger partial charge in [0.05, 0.1) is 16.1 Å². The van der Waals surface area contributed by atoms with Crippen molar-refractivity contribution >= 4 is 34.4 Å². The largest absolute Gasteiger partial charge is 0.478 e. The van der Waals surface area contributed by atoms with Gasteiger partial charge in [-0.05, 0) is 18.2 Å². The second-order valence-corrected chi connectivity index (χ2v) is 3.86. The van der Waals surface area contributed by atoms with Crippen LogP contribution in [0.1, 0.15) is 20.8 Å². The first-order valence-electron chi connectivity index (χ1n) is 4.66. The summed E-state index contributed by atoms with van der Waals surface area (Å²) in [5.41, 5.74) is -1.00. The minimum absolute atomic E-state index is 0.115. The summed E-state index contributed by atoms with van der Waals surface area (Å²) in [6.45, 7) is 0. The molecule has 7 heteroatoms. The fourth-order valence-electron chi connectivity index (χ4n) is 1.49. The zero-order chi connectivity index (χ0) is 13.4. The highest BCUT2D eigenvalue weighted by atomic mass is 35.5. The number of hydrogen-bond acceptors (Lipinski definition) is 3. The number of carboxylic acids is 2. The van der Waals surface area contributed by atoms with E-state index in [0.29, 0.717) is 0 Å². The second-order valence-electron chi connectivity index (χ2n) is 3.45. The van der Waals surface area contributed by atoms with E-state index in [0.717, 1.165) is 18.2 Å². The van der Waals surface area contributed by atoms with Crippen LogP contribution < -0.4 is 0 Å². The molecule has 0 bridgehead atoms. The number of carboxylic acid groups (broad SMARTS) is 2. The zero-order valence-electron chi connectivity index (χ0n) is 8.65. The molecular weight excluding hydrogens is 265 g/mol. The van der Waals surface area contributed by atoms with E-state index in [1.807, 2.05) is 0 Å². The van der Waals surface area contributed by atoms with Gasteiger partial charge in [0.15, 0.2) is 5.69 Å². The number of aromatic carboxylic acids is 2. The maximum atomic E-state index is 13.2. The van der Waals surface area contributed by atoms with Crippen LogP contribution in [-0.2, 0) is 0 Å². The molecule has 0 fully saturated rings. The van der Waals surface area contributed by atoms with E-state index in [2.05, 4.69) is 4.98 Å². The third-order valence-electron chi connectivity index (χ3n) is 2.29. The number of fused-ring (bicyclic) bond motifs is 1. The van der Waals surface area contributed by atoms with Crippen LogP contribution in [0.4, 0.5) is 4.39 Å². The molecule has 1 aromatic carbocycles. The van der Waals surface area contributed by atoms with Gasteiger partial charge in [-0.3, -0.25) is 0 Å². The summed E-state index contributed by atoms with van der Waals surface area (Å²) in [6, 6.07) is 3.19. The lowest BCUT2D eigenvalue weighted by atomic mass is 10.1. The Morgan fingerprint density at radius 1 is 1.17 bits per heavy atom. The van der Waals surface area contributed by atoms with Crippen LogP contribution in [0.25, 0.3) is 10.9 Å². The number of pyridine rings is 1. The van der Waals surface area contributed by atoms with E-state index >= 15 is 0 Å².